The van der Waals surface area contributed by atoms with Crippen LogP contribution in [0.25, 0.3) is 10.9 Å². The molecule has 2 aromatic heterocycles. The van der Waals surface area contributed by atoms with Gasteiger partial charge in [0.25, 0.3) is 0 Å². The van der Waals surface area contributed by atoms with E-state index in [9.17, 15) is 0 Å². The summed E-state index contributed by atoms with van der Waals surface area (Å²) in [6.07, 6.45) is 2.06. The van der Waals surface area contributed by atoms with E-state index >= 15 is 0 Å². The summed E-state index contributed by atoms with van der Waals surface area (Å²) < 4.78 is 7.45. The van der Waals surface area contributed by atoms with Gasteiger partial charge in [0.2, 0.25) is 5.89 Å². The lowest BCUT2D eigenvalue weighted by molar-refractivity contribution is 0.366. The maximum absolute atomic E-state index is 5.32. The van der Waals surface area contributed by atoms with Crippen LogP contribution in [-0.4, -0.2) is 21.8 Å². The van der Waals surface area contributed by atoms with E-state index in [1.165, 1.54) is 16.5 Å². The first kappa shape index (κ1) is 13.8. The molecule has 5 nitrogen and oxygen atoms in total. The highest BCUT2D eigenvalue weighted by Gasteiger charge is 2.11. The van der Waals surface area contributed by atoms with Crippen LogP contribution in [0.3, 0.4) is 0 Å². The zero-order valence-corrected chi connectivity index (χ0v) is 12.6. The molecule has 1 N–H and O–H groups in total. The van der Waals surface area contributed by atoms with Crippen molar-refractivity contribution < 1.29 is 4.52 Å². The van der Waals surface area contributed by atoms with Crippen LogP contribution in [0.4, 0.5) is 0 Å². The molecule has 1 aromatic carbocycles. The lowest BCUT2D eigenvalue weighted by Gasteiger charge is -2.04. The molecule has 110 valence electrons. The molecule has 3 rings (SSSR count). The van der Waals surface area contributed by atoms with Gasteiger partial charge in [-0.05, 0) is 36.2 Å². The van der Waals surface area contributed by atoms with Crippen LogP contribution < -0.4 is 5.32 Å². The van der Waals surface area contributed by atoms with Crippen LogP contribution in [0.5, 0.6) is 0 Å². The molecule has 0 unspecified atom stereocenters. The minimum atomic E-state index is 0.285. The van der Waals surface area contributed by atoms with Crippen molar-refractivity contribution in [3.63, 3.8) is 0 Å². The third-order valence-corrected chi connectivity index (χ3v) is 3.52. The second-order valence-electron chi connectivity index (χ2n) is 5.57. The number of nitrogens with zero attached hydrogens (tertiary/aromatic N) is 3. The average molecular weight is 284 g/mol. The summed E-state index contributed by atoms with van der Waals surface area (Å²) in [5.41, 5.74) is 2.46. The summed E-state index contributed by atoms with van der Waals surface area (Å²) in [7, 11) is 1.96. The summed E-state index contributed by atoms with van der Waals surface area (Å²) in [6.45, 7) is 5.60. The molecule has 0 saturated heterocycles. The van der Waals surface area contributed by atoms with Crippen molar-refractivity contribution in [2.45, 2.75) is 32.9 Å². The zero-order chi connectivity index (χ0) is 14.8. The van der Waals surface area contributed by atoms with Crippen LogP contribution in [0.1, 0.15) is 37.0 Å². The highest BCUT2D eigenvalue weighted by Crippen LogP contribution is 2.19. The van der Waals surface area contributed by atoms with Gasteiger partial charge in [-0.1, -0.05) is 25.1 Å². The standard InChI is InChI=1S/C16H20N4O/c1-11(2)16-18-15(21-19-16)10-20-7-6-13-8-12(9-17-3)4-5-14(13)20/h4-8,11,17H,9-10H2,1-3H3. The summed E-state index contributed by atoms with van der Waals surface area (Å²) in [5.74, 6) is 1.70. The lowest BCUT2D eigenvalue weighted by Crippen LogP contribution is -2.04. The lowest BCUT2D eigenvalue weighted by atomic mass is 10.1. The van der Waals surface area contributed by atoms with Crippen LogP contribution in [0.2, 0.25) is 0 Å². The number of rotatable bonds is 5. The molecular weight excluding hydrogens is 264 g/mol. The van der Waals surface area contributed by atoms with Crippen LogP contribution in [0, 0.1) is 0 Å². The molecule has 0 saturated carbocycles. The fourth-order valence-electron chi connectivity index (χ4n) is 2.41. The maximum Gasteiger partial charge on any atom is 0.246 e. The molecule has 0 aliphatic rings. The Kier molecular flexibility index (Phi) is 3.75. The number of aromatic nitrogens is 3. The second kappa shape index (κ2) is 5.69. The Hall–Kier alpha value is -2.14. The number of nitrogens with one attached hydrogen (secondary N) is 1. The van der Waals surface area contributed by atoms with Gasteiger partial charge >= 0.3 is 0 Å². The molecule has 0 aliphatic carbocycles. The normalized spacial score (nSPS) is 11.6. The Morgan fingerprint density at radius 1 is 1.29 bits per heavy atom. The fourth-order valence-corrected chi connectivity index (χ4v) is 2.41. The van der Waals surface area contributed by atoms with Gasteiger partial charge in [-0.2, -0.15) is 4.98 Å². The van der Waals surface area contributed by atoms with Gasteiger partial charge in [-0.3, -0.25) is 0 Å². The van der Waals surface area contributed by atoms with Crippen molar-refractivity contribution in [3.8, 4) is 0 Å². The van der Waals surface area contributed by atoms with E-state index in [0.29, 0.717) is 12.4 Å². The quantitative estimate of drug-likeness (QED) is 0.782. The van der Waals surface area contributed by atoms with Crippen molar-refractivity contribution in [2.75, 3.05) is 7.05 Å². The van der Waals surface area contributed by atoms with Gasteiger partial charge in [0.05, 0.1) is 0 Å². The highest BCUT2D eigenvalue weighted by atomic mass is 16.5. The number of fused-ring (bicyclic) bond motifs is 1. The molecule has 3 aromatic rings. The molecule has 21 heavy (non-hydrogen) atoms. The van der Waals surface area contributed by atoms with E-state index in [1.807, 2.05) is 7.05 Å². The monoisotopic (exact) mass is 284 g/mol. The van der Waals surface area contributed by atoms with Crippen LogP contribution in [0.15, 0.2) is 35.0 Å². The first-order valence-corrected chi connectivity index (χ1v) is 7.22. The highest BCUT2D eigenvalue weighted by molar-refractivity contribution is 5.80. The molecule has 0 fully saturated rings. The van der Waals surface area contributed by atoms with E-state index in [1.54, 1.807) is 0 Å². The molecular formula is C16H20N4O. The summed E-state index contributed by atoms with van der Waals surface area (Å²) in [4.78, 5) is 4.43. The minimum Gasteiger partial charge on any atom is -0.338 e. The maximum atomic E-state index is 5.32. The molecule has 5 heteroatoms. The smallest absolute Gasteiger partial charge is 0.246 e. The van der Waals surface area contributed by atoms with Crippen molar-refractivity contribution >= 4 is 10.9 Å². The van der Waals surface area contributed by atoms with Crippen molar-refractivity contribution in [1.29, 1.82) is 0 Å². The van der Waals surface area contributed by atoms with Gasteiger partial charge in [0.15, 0.2) is 5.82 Å². The number of hydrogen-bond donors (Lipinski definition) is 1. The third kappa shape index (κ3) is 2.83. The Balaban J connectivity index is 1.86. The van der Waals surface area contributed by atoms with Crippen molar-refractivity contribution in [3.05, 3.63) is 47.7 Å². The summed E-state index contributed by atoms with van der Waals surface area (Å²) >= 11 is 0. The SMILES string of the molecule is CNCc1ccc2c(ccn2Cc2nc(C(C)C)no2)c1. The summed E-state index contributed by atoms with van der Waals surface area (Å²) in [6, 6.07) is 8.61. The Bertz CT molecular complexity index is 742. The number of benzene rings is 1. The van der Waals surface area contributed by atoms with Gasteiger partial charge < -0.3 is 14.4 Å². The zero-order valence-electron chi connectivity index (χ0n) is 12.6. The first-order valence-electron chi connectivity index (χ1n) is 7.22. The average Bonchev–Trinajstić information content (AvgIpc) is 3.07. The fraction of sp³-hybridized carbons (Fsp3) is 0.375. The predicted octanol–water partition coefficient (Wildman–Crippen LogP) is 2.92. The Labute approximate surface area is 124 Å². The third-order valence-electron chi connectivity index (χ3n) is 3.52. The van der Waals surface area contributed by atoms with E-state index < -0.39 is 0 Å². The van der Waals surface area contributed by atoms with Gasteiger partial charge in [0.1, 0.15) is 6.54 Å². The molecule has 0 aliphatic heterocycles. The van der Waals surface area contributed by atoms with Gasteiger partial charge in [0, 0.05) is 24.2 Å². The number of hydrogen-bond acceptors (Lipinski definition) is 4. The van der Waals surface area contributed by atoms with Gasteiger partial charge in [-0.15, -0.1) is 0 Å². The molecule has 0 radical (unpaired) electrons. The summed E-state index contributed by atoms with van der Waals surface area (Å²) in [5, 5.41) is 8.40. The molecule has 0 spiro atoms. The molecule has 2 heterocycles. The largest absolute Gasteiger partial charge is 0.338 e. The second-order valence-corrected chi connectivity index (χ2v) is 5.57. The Morgan fingerprint density at radius 3 is 2.86 bits per heavy atom. The van der Waals surface area contributed by atoms with Crippen LogP contribution >= 0.6 is 0 Å². The molecule has 0 bridgehead atoms. The van der Waals surface area contributed by atoms with E-state index in [4.69, 9.17) is 4.52 Å². The van der Waals surface area contributed by atoms with E-state index in [0.717, 1.165) is 12.4 Å². The van der Waals surface area contributed by atoms with Gasteiger partial charge in [-0.25, -0.2) is 0 Å². The van der Waals surface area contributed by atoms with Crippen molar-refractivity contribution in [2.24, 2.45) is 0 Å². The molecule has 0 atom stereocenters. The van der Waals surface area contributed by atoms with E-state index in [-0.39, 0.29) is 5.92 Å². The topological polar surface area (TPSA) is 55.9 Å². The predicted molar refractivity (Wildman–Crippen MR) is 82.2 cm³/mol. The minimum absolute atomic E-state index is 0.285. The van der Waals surface area contributed by atoms with Crippen molar-refractivity contribution in [1.82, 2.24) is 20.0 Å². The Morgan fingerprint density at radius 2 is 2.14 bits per heavy atom. The van der Waals surface area contributed by atoms with E-state index in [2.05, 4.69) is 64.3 Å². The van der Waals surface area contributed by atoms with Crippen LogP contribution in [-0.2, 0) is 13.1 Å². The first-order chi connectivity index (χ1) is 10.2. The molecule has 0 amide bonds.